The summed E-state index contributed by atoms with van der Waals surface area (Å²) in [4.78, 5) is 10.6. The Morgan fingerprint density at radius 2 is 1.93 bits per heavy atom. The molecule has 3 nitrogen and oxygen atoms in total. The quantitative estimate of drug-likeness (QED) is 0.683. The Morgan fingerprint density at radius 3 is 2.47 bits per heavy atom. The van der Waals surface area contributed by atoms with E-state index in [2.05, 4.69) is 11.8 Å². The summed E-state index contributed by atoms with van der Waals surface area (Å²) in [7, 11) is 0. The van der Waals surface area contributed by atoms with Gasteiger partial charge in [0.05, 0.1) is 5.56 Å². The van der Waals surface area contributed by atoms with Crippen molar-refractivity contribution in [2.75, 3.05) is 6.61 Å². The number of aliphatic hydroxyl groups excluding tert-OH is 1. The minimum atomic E-state index is -1.41. The van der Waals surface area contributed by atoms with Crippen molar-refractivity contribution in [2.24, 2.45) is 0 Å². The zero-order chi connectivity index (χ0) is 11.4. The van der Waals surface area contributed by atoms with Crippen LogP contribution in [-0.4, -0.2) is 22.8 Å². The van der Waals surface area contributed by atoms with E-state index in [0.29, 0.717) is 12.1 Å². The number of hydrogen-bond donors (Lipinski definition) is 2. The maximum atomic E-state index is 12.8. The lowest BCUT2D eigenvalue weighted by atomic mass is 10.1. The Balaban J connectivity index is 3.34. The minimum absolute atomic E-state index is 0.171. The van der Waals surface area contributed by atoms with E-state index in [1.54, 1.807) is 0 Å². The molecule has 0 atom stereocenters. The van der Waals surface area contributed by atoms with E-state index < -0.39 is 29.8 Å². The van der Waals surface area contributed by atoms with Gasteiger partial charge in [-0.2, -0.15) is 0 Å². The zero-order valence-corrected chi connectivity index (χ0v) is 7.42. The summed E-state index contributed by atoms with van der Waals surface area (Å²) >= 11 is 0. The second kappa shape index (κ2) is 4.53. The number of carboxylic acids is 1. The van der Waals surface area contributed by atoms with E-state index in [4.69, 9.17) is 10.2 Å². The average molecular weight is 212 g/mol. The van der Waals surface area contributed by atoms with Crippen molar-refractivity contribution in [1.82, 2.24) is 0 Å². The van der Waals surface area contributed by atoms with Crippen LogP contribution >= 0.6 is 0 Å². The van der Waals surface area contributed by atoms with Gasteiger partial charge >= 0.3 is 5.97 Å². The van der Waals surface area contributed by atoms with E-state index in [1.807, 2.05) is 0 Å². The van der Waals surface area contributed by atoms with E-state index in [1.165, 1.54) is 0 Å². The lowest BCUT2D eigenvalue weighted by Crippen LogP contribution is -2.02. The fourth-order valence-electron chi connectivity index (χ4n) is 0.962. The van der Waals surface area contributed by atoms with Crippen molar-refractivity contribution < 1.29 is 23.8 Å². The predicted molar refractivity (Wildman–Crippen MR) is 47.3 cm³/mol. The van der Waals surface area contributed by atoms with Crippen LogP contribution in [-0.2, 0) is 0 Å². The number of rotatable bonds is 1. The van der Waals surface area contributed by atoms with Crippen molar-refractivity contribution in [3.8, 4) is 11.8 Å². The topological polar surface area (TPSA) is 57.5 Å². The van der Waals surface area contributed by atoms with E-state index >= 15 is 0 Å². The van der Waals surface area contributed by atoms with Crippen molar-refractivity contribution in [3.63, 3.8) is 0 Å². The van der Waals surface area contributed by atoms with Gasteiger partial charge in [0.1, 0.15) is 6.61 Å². The van der Waals surface area contributed by atoms with Crippen LogP contribution < -0.4 is 0 Å². The van der Waals surface area contributed by atoms with E-state index in [9.17, 15) is 13.6 Å². The molecule has 2 N–H and O–H groups in total. The molecule has 1 rings (SSSR count). The minimum Gasteiger partial charge on any atom is -0.478 e. The number of halogens is 2. The maximum Gasteiger partial charge on any atom is 0.337 e. The van der Waals surface area contributed by atoms with E-state index in [0.717, 1.165) is 0 Å². The summed E-state index contributed by atoms with van der Waals surface area (Å²) in [6.45, 7) is -0.488. The highest BCUT2D eigenvalue weighted by Gasteiger charge is 2.13. The van der Waals surface area contributed by atoms with Crippen LogP contribution in [0.1, 0.15) is 15.9 Å². The molecule has 0 saturated carbocycles. The lowest BCUT2D eigenvalue weighted by Gasteiger charge is -2.00. The normalized spacial score (nSPS) is 9.27. The molecular formula is C10H6F2O3. The monoisotopic (exact) mass is 212 g/mol. The molecule has 5 heteroatoms. The van der Waals surface area contributed by atoms with Gasteiger partial charge in [-0.3, -0.25) is 0 Å². The molecule has 0 saturated heterocycles. The van der Waals surface area contributed by atoms with Gasteiger partial charge in [0.2, 0.25) is 0 Å². The first-order chi connectivity index (χ1) is 7.06. The third-order valence-electron chi connectivity index (χ3n) is 1.59. The van der Waals surface area contributed by atoms with Gasteiger partial charge < -0.3 is 10.2 Å². The zero-order valence-electron chi connectivity index (χ0n) is 7.42. The molecule has 78 valence electrons. The molecule has 0 unspecified atom stereocenters. The molecule has 0 aliphatic heterocycles. The van der Waals surface area contributed by atoms with Crippen molar-refractivity contribution in [3.05, 3.63) is 34.9 Å². The molecule has 0 heterocycles. The highest BCUT2D eigenvalue weighted by Crippen LogP contribution is 2.14. The van der Waals surface area contributed by atoms with Gasteiger partial charge in [-0.1, -0.05) is 11.8 Å². The molecule has 1 aromatic carbocycles. The number of hydrogen-bond acceptors (Lipinski definition) is 2. The van der Waals surface area contributed by atoms with Crippen LogP contribution in [0.3, 0.4) is 0 Å². The summed E-state index contributed by atoms with van der Waals surface area (Å²) < 4.78 is 25.5. The number of carboxylic acid groups (broad SMARTS) is 1. The smallest absolute Gasteiger partial charge is 0.337 e. The van der Waals surface area contributed by atoms with Gasteiger partial charge in [0.25, 0.3) is 0 Å². The Morgan fingerprint density at radius 1 is 1.33 bits per heavy atom. The van der Waals surface area contributed by atoms with Crippen LogP contribution in [0.5, 0.6) is 0 Å². The molecule has 0 aliphatic carbocycles. The fraction of sp³-hybridized carbons (Fsp3) is 0.100. The third-order valence-corrected chi connectivity index (χ3v) is 1.59. The summed E-state index contributed by atoms with van der Waals surface area (Å²) in [5, 5.41) is 17.1. The van der Waals surface area contributed by atoms with Crippen LogP contribution in [0.15, 0.2) is 12.1 Å². The first kappa shape index (κ1) is 11.1. The summed E-state index contributed by atoms with van der Waals surface area (Å²) in [6, 6.07) is 1.24. The molecule has 0 fully saturated rings. The number of aromatic carboxylic acids is 1. The van der Waals surface area contributed by atoms with Gasteiger partial charge in [0, 0.05) is 5.56 Å². The molecule has 0 spiro atoms. The number of aliphatic hydroxyl groups is 1. The number of carbonyl (C=O) groups is 1. The largest absolute Gasteiger partial charge is 0.478 e. The van der Waals surface area contributed by atoms with Gasteiger partial charge in [0.15, 0.2) is 11.6 Å². The summed E-state index contributed by atoms with van der Waals surface area (Å²) in [5.41, 5.74) is -0.606. The predicted octanol–water partition coefficient (Wildman–Crippen LogP) is 1.01. The maximum absolute atomic E-state index is 12.8. The average Bonchev–Trinajstić information content (AvgIpc) is 2.19. The second-order valence-corrected chi connectivity index (χ2v) is 2.58. The Hall–Kier alpha value is -1.93. The second-order valence-electron chi connectivity index (χ2n) is 2.58. The Kier molecular flexibility index (Phi) is 3.37. The molecule has 0 radical (unpaired) electrons. The van der Waals surface area contributed by atoms with Crippen molar-refractivity contribution >= 4 is 5.97 Å². The summed E-state index contributed by atoms with van der Waals surface area (Å²) in [5.74, 6) is 0.551. The highest BCUT2D eigenvalue weighted by molar-refractivity contribution is 5.90. The first-order valence-electron chi connectivity index (χ1n) is 3.88. The molecule has 0 aromatic heterocycles. The third kappa shape index (κ3) is 2.51. The summed E-state index contributed by atoms with van der Waals surface area (Å²) in [6.07, 6.45) is 0. The van der Waals surface area contributed by atoms with Gasteiger partial charge in [-0.05, 0) is 12.1 Å². The van der Waals surface area contributed by atoms with Crippen LogP contribution in [0.2, 0.25) is 0 Å². The van der Waals surface area contributed by atoms with Gasteiger partial charge in [-0.15, -0.1) is 0 Å². The first-order valence-corrected chi connectivity index (χ1v) is 3.88. The Bertz CT molecular complexity index is 458. The van der Waals surface area contributed by atoms with E-state index in [-0.39, 0.29) is 5.56 Å². The Labute approximate surface area is 84.0 Å². The molecule has 0 bridgehead atoms. The molecular weight excluding hydrogens is 206 g/mol. The SMILES string of the molecule is O=C(O)c1cc(F)c(F)cc1C#CCO. The molecule has 0 amide bonds. The van der Waals surface area contributed by atoms with Crippen LogP contribution in [0, 0.1) is 23.5 Å². The standard InChI is InChI=1S/C10H6F2O3/c11-8-4-6(2-1-3-13)7(10(14)15)5-9(8)12/h4-5,13H,3H2,(H,14,15). The van der Waals surface area contributed by atoms with Gasteiger partial charge in [-0.25, -0.2) is 13.6 Å². The van der Waals surface area contributed by atoms with Crippen molar-refractivity contribution in [2.45, 2.75) is 0 Å². The highest BCUT2D eigenvalue weighted by atomic mass is 19.2. The molecule has 1 aromatic rings. The molecule has 0 aliphatic rings. The van der Waals surface area contributed by atoms with Crippen molar-refractivity contribution in [1.29, 1.82) is 0 Å². The fourth-order valence-corrected chi connectivity index (χ4v) is 0.962. The molecule has 15 heavy (non-hydrogen) atoms. The lowest BCUT2D eigenvalue weighted by molar-refractivity contribution is 0.0696. The van der Waals surface area contributed by atoms with Crippen LogP contribution in [0.4, 0.5) is 8.78 Å². The van der Waals surface area contributed by atoms with Crippen LogP contribution in [0.25, 0.3) is 0 Å². The number of benzene rings is 1.